The number of para-hydroxylation sites is 1. The molecule has 2 amide bonds. The van der Waals surface area contributed by atoms with E-state index in [0.29, 0.717) is 24.4 Å². The highest BCUT2D eigenvalue weighted by Gasteiger charge is 2.15. The van der Waals surface area contributed by atoms with E-state index in [2.05, 4.69) is 10.6 Å². The predicted molar refractivity (Wildman–Crippen MR) is 91.6 cm³/mol. The van der Waals surface area contributed by atoms with E-state index in [1.807, 2.05) is 0 Å². The normalized spacial score (nSPS) is 10.2. The fourth-order valence-electron chi connectivity index (χ4n) is 2.15. The summed E-state index contributed by atoms with van der Waals surface area (Å²) in [6, 6.07) is 10.5. The van der Waals surface area contributed by atoms with E-state index in [9.17, 15) is 14.0 Å². The minimum atomic E-state index is -0.638. The Bertz CT molecular complexity index is 764. The van der Waals surface area contributed by atoms with Crippen LogP contribution in [0.15, 0.2) is 42.5 Å². The third-order valence-corrected chi connectivity index (χ3v) is 3.43. The minimum Gasteiger partial charge on any atom is -0.494 e. The van der Waals surface area contributed by atoms with Crippen LogP contribution < -0.4 is 15.4 Å². The molecule has 0 aromatic heterocycles. The molecular weight excluding hydrogens is 327 g/mol. The zero-order valence-corrected chi connectivity index (χ0v) is 14.0. The number of hydrogen-bond donors (Lipinski definition) is 2. The van der Waals surface area contributed by atoms with E-state index >= 15 is 0 Å². The molecule has 0 atom stereocenters. The second-order valence-corrected chi connectivity index (χ2v) is 5.10. The molecule has 0 unspecified atom stereocenters. The molecule has 6 nitrogen and oxygen atoms in total. The topological polar surface area (TPSA) is 76.7 Å². The van der Waals surface area contributed by atoms with Gasteiger partial charge < -0.3 is 20.1 Å². The van der Waals surface area contributed by atoms with Gasteiger partial charge in [-0.25, -0.2) is 4.39 Å². The van der Waals surface area contributed by atoms with Crippen molar-refractivity contribution < 1.29 is 23.5 Å². The van der Waals surface area contributed by atoms with Gasteiger partial charge in [0.2, 0.25) is 0 Å². The van der Waals surface area contributed by atoms with Gasteiger partial charge in [0, 0.05) is 19.2 Å². The first kappa shape index (κ1) is 18.4. The Morgan fingerprint density at radius 2 is 1.84 bits per heavy atom. The molecule has 2 N–H and O–H groups in total. The van der Waals surface area contributed by atoms with Crippen LogP contribution in [0, 0.1) is 5.82 Å². The molecule has 2 aromatic carbocycles. The summed E-state index contributed by atoms with van der Waals surface area (Å²) in [6.45, 7) is 0.729. The van der Waals surface area contributed by atoms with Crippen LogP contribution in [-0.4, -0.2) is 39.2 Å². The molecule has 2 aromatic rings. The standard InChI is InChI=1S/C18H19FN2O4/c1-24-10-9-20-18(23)13-5-3-4-6-15(13)21-17(22)12-7-8-16(25-2)14(19)11-12/h3-8,11H,9-10H2,1-2H3,(H,20,23)(H,21,22). The van der Waals surface area contributed by atoms with Gasteiger partial charge in [0.25, 0.3) is 11.8 Å². The number of carbonyl (C=O) groups excluding carboxylic acids is 2. The summed E-state index contributed by atoms with van der Waals surface area (Å²) in [7, 11) is 2.88. The van der Waals surface area contributed by atoms with Crippen molar-refractivity contribution in [3.63, 3.8) is 0 Å². The Morgan fingerprint density at radius 1 is 1.08 bits per heavy atom. The molecule has 0 heterocycles. The number of methoxy groups -OCH3 is 2. The predicted octanol–water partition coefficient (Wildman–Crippen LogP) is 2.46. The molecule has 0 radical (unpaired) electrons. The van der Waals surface area contributed by atoms with Gasteiger partial charge in [0.1, 0.15) is 0 Å². The number of nitrogens with one attached hydrogen (secondary N) is 2. The van der Waals surface area contributed by atoms with E-state index in [1.165, 1.54) is 26.4 Å². The summed E-state index contributed by atoms with van der Waals surface area (Å²) in [5.74, 6) is -1.46. The van der Waals surface area contributed by atoms with Gasteiger partial charge in [-0.1, -0.05) is 12.1 Å². The van der Waals surface area contributed by atoms with E-state index in [0.717, 1.165) is 6.07 Å². The summed E-state index contributed by atoms with van der Waals surface area (Å²) in [5.41, 5.74) is 0.757. The first-order valence-electron chi connectivity index (χ1n) is 7.58. The highest BCUT2D eigenvalue weighted by molar-refractivity contribution is 6.09. The molecule has 0 saturated carbocycles. The second kappa shape index (κ2) is 8.79. The molecule has 0 aliphatic heterocycles. The Labute approximate surface area is 144 Å². The molecule has 25 heavy (non-hydrogen) atoms. The van der Waals surface area contributed by atoms with Crippen molar-refractivity contribution in [2.75, 3.05) is 32.7 Å². The quantitative estimate of drug-likeness (QED) is 0.755. The third-order valence-electron chi connectivity index (χ3n) is 3.43. The summed E-state index contributed by atoms with van der Waals surface area (Å²) < 4.78 is 23.5. The van der Waals surface area contributed by atoms with Gasteiger partial charge in [0.15, 0.2) is 11.6 Å². The molecule has 7 heteroatoms. The molecule has 0 fully saturated rings. The Morgan fingerprint density at radius 3 is 2.52 bits per heavy atom. The van der Waals surface area contributed by atoms with Crippen molar-refractivity contribution in [2.45, 2.75) is 0 Å². The SMILES string of the molecule is COCCNC(=O)c1ccccc1NC(=O)c1ccc(OC)c(F)c1. The first-order chi connectivity index (χ1) is 12.1. The zero-order chi connectivity index (χ0) is 18.2. The Balaban J connectivity index is 2.15. The molecule has 132 valence electrons. The Kier molecular flexibility index (Phi) is 6.47. The summed E-state index contributed by atoms with van der Waals surface area (Å²) in [6.07, 6.45) is 0. The van der Waals surface area contributed by atoms with Crippen LogP contribution >= 0.6 is 0 Å². The lowest BCUT2D eigenvalue weighted by atomic mass is 10.1. The summed E-state index contributed by atoms with van der Waals surface area (Å²) in [4.78, 5) is 24.5. The van der Waals surface area contributed by atoms with Crippen molar-refractivity contribution in [3.8, 4) is 5.75 Å². The molecule has 2 rings (SSSR count). The zero-order valence-electron chi connectivity index (χ0n) is 14.0. The van der Waals surface area contributed by atoms with Crippen LogP contribution in [0.1, 0.15) is 20.7 Å². The number of benzene rings is 2. The average Bonchev–Trinajstić information content (AvgIpc) is 2.62. The fourth-order valence-corrected chi connectivity index (χ4v) is 2.15. The lowest BCUT2D eigenvalue weighted by Crippen LogP contribution is -2.28. The van der Waals surface area contributed by atoms with E-state index in [4.69, 9.17) is 9.47 Å². The maximum absolute atomic E-state index is 13.7. The van der Waals surface area contributed by atoms with Gasteiger partial charge in [0.05, 0.1) is 25.0 Å². The van der Waals surface area contributed by atoms with Crippen LogP contribution in [0.2, 0.25) is 0 Å². The second-order valence-electron chi connectivity index (χ2n) is 5.10. The van der Waals surface area contributed by atoms with Crippen LogP contribution in [0.5, 0.6) is 5.75 Å². The smallest absolute Gasteiger partial charge is 0.255 e. The lowest BCUT2D eigenvalue weighted by Gasteiger charge is -2.12. The van der Waals surface area contributed by atoms with Crippen LogP contribution in [0.25, 0.3) is 0 Å². The number of hydrogen-bond acceptors (Lipinski definition) is 4. The van der Waals surface area contributed by atoms with Crippen molar-refractivity contribution in [1.82, 2.24) is 5.32 Å². The van der Waals surface area contributed by atoms with Crippen LogP contribution in [0.3, 0.4) is 0 Å². The molecule has 0 saturated heterocycles. The van der Waals surface area contributed by atoms with Gasteiger partial charge in [-0.15, -0.1) is 0 Å². The number of amides is 2. The molecular formula is C18H19FN2O4. The molecule has 0 aliphatic rings. The van der Waals surface area contributed by atoms with Crippen molar-refractivity contribution in [1.29, 1.82) is 0 Å². The maximum atomic E-state index is 13.7. The number of ether oxygens (including phenoxy) is 2. The van der Waals surface area contributed by atoms with Crippen molar-refractivity contribution in [3.05, 3.63) is 59.4 Å². The summed E-state index contributed by atoms with van der Waals surface area (Å²) >= 11 is 0. The van der Waals surface area contributed by atoms with Gasteiger partial charge in [-0.3, -0.25) is 9.59 Å². The number of rotatable bonds is 7. The highest BCUT2D eigenvalue weighted by Crippen LogP contribution is 2.20. The van der Waals surface area contributed by atoms with E-state index < -0.39 is 11.7 Å². The molecule has 0 bridgehead atoms. The van der Waals surface area contributed by atoms with E-state index in [1.54, 1.807) is 24.3 Å². The van der Waals surface area contributed by atoms with Gasteiger partial charge in [-0.2, -0.15) is 0 Å². The van der Waals surface area contributed by atoms with Crippen LogP contribution in [0.4, 0.5) is 10.1 Å². The summed E-state index contributed by atoms with van der Waals surface area (Å²) in [5, 5.41) is 5.31. The lowest BCUT2D eigenvalue weighted by molar-refractivity contribution is 0.0938. The number of halogens is 1. The van der Waals surface area contributed by atoms with Crippen molar-refractivity contribution >= 4 is 17.5 Å². The van der Waals surface area contributed by atoms with Gasteiger partial charge in [-0.05, 0) is 30.3 Å². The van der Waals surface area contributed by atoms with Crippen molar-refractivity contribution in [2.24, 2.45) is 0 Å². The minimum absolute atomic E-state index is 0.0504. The monoisotopic (exact) mass is 346 g/mol. The van der Waals surface area contributed by atoms with E-state index in [-0.39, 0.29) is 17.2 Å². The highest BCUT2D eigenvalue weighted by atomic mass is 19.1. The number of carbonyl (C=O) groups is 2. The molecule has 0 spiro atoms. The number of anilines is 1. The first-order valence-corrected chi connectivity index (χ1v) is 7.58. The largest absolute Gasteiger partial charge is 0.494 e. The van der Waals surface area contributed by atoms with Crippen LogP contribution in [-0.2, 0) is 4.74 Å². The average molecular weight is 346 g/mol. The van der Waals surface area contributed by atoms with Gasteiger partial charge >= 0.3 is 0 Å². The Hall–Kier alpha value is -2.93. The fraction of sp³-hybridized carbons (Fsp3) is 0.222. The third kappa shape index (κ3) is 4.77. The maximum Gasteiger partial charge on any atom is 0.255 e. The molecule has 0 aliphatic carbocycles.